The highest BCUT2D eigenvalue weighted by molar-refractivity contribution is 7.89. The van der Waals surface area contributed by atoms with E-state index in [0.29, 0.717) is 5.92 Å². The van der Waals surface area contributed by atoms with Crippen molar-refractivity contribution in [3.05, 3.63) is 90.0 Å². The molecule has 6 heteroatoms. The van der Waals surface area contributed by atoms with Crippen LogP contribution in [-0.4, -0.2) is 38.9 Å². The fraction of sp³-hybridized carbons (Fsp3) is 0.321. The molecule has 1 atom stereocenters. The van der Waals surface area contributed by atoms with Gasteiger partial charge in [-0.15, -0.1) is 0 Å². The molecule has 0 spiro atoms. The summed E-state index contributed by atoms with van der Waals surface area (Å²) in [7, 11) is -3.24. The molecule has 1 N–H and O–H groups in total. The first-order valence-electron chi connectivity index (χ1n) is 11.9. The summed E-state index contributed by atoms with van der Waals surface area (Å²) in [5.41, 5.74) is 4.44. The van der Waals surface area contributed by atoms with Crippen LogP contribution in [0.15, 0.2) is 78.9 Å². The lowest BCUT2D eigenvalue weighted by atomic mass is 9.78. The van der Waals surface area contributed by atoms with E-state index in [4.69, 9.17) is 0 Å². The third-order valence-corrected chi connectivity index (χ3v) is 8.59. The molecular weight excluding hydrogens is 444 g/mol. The first-order valence-corrected chi connectivity index (χ1v) is 13.7. The molecule has 6 rings (SSSR count). The predicted octanol–water partition coefficient (Wildman–Crippen LogP) is 4.75. The average molecular weight is 475 g/mol. The van der Waals surface area contributed by atoms with Gasteiger partial charge in [0.1, 0.15) is 0 Å². The lowest BCUT2D eigenvalue weighted by Gasteiger charge is -2.43. The summed E-state index contributed by atoms with van der Waals surface area (Å²) in [6, 6.07) is 24.8. The second-order valence-electron chi connectivity index (χ2n) is 9.53. The standard InChI is InChI=1S/C28H30N2O3S/c31-28(27-18-30-16-14-25(27)15-17-30)29-26-12-10-24(11-13-26)23-8-6-22(7-9-23)20-34(32,33)19-21-4-2-1-3-5-21/h1-13,25,27H,14-20H2,(H,29,31)/t27-/m0/s1. The number of nitrogens with one attached hydrogen (secondary N) is 1. The molecule has 34 heavy (non-hydrogen) atoms. The van der Waals surface area contributed by atoms with Gasteiger partial charge in [0.15, 0.2) is 9.84 Å². The van der Waals surface area contributed by atoms with E-state index in [0.717, 1.165) is 60.4 Å². The Morgan fingerprint density at radius 2 is 1.35 bits per heavy atom. The zero-order chi connectivity index (χ0) is 23.5. The Morgan fingerprint density at radius 3 is 1.91 bits per heavy atom. The molecule has 0 aliphatic carbocycles. The molecule has 3 fully saturated rings. The van der Waals surface area contributed by atoms with Crippen molar-refractivity contribution in [2.45, 2.75) is 24.3 Å². The monoisotopic (exact) mass is 474 g/mol. The second-order valence-corrected chi connectivity index (χ2v) is 11.6. The molecule has 3 saturated heterocycles. The van der Waals surface area contributed by atoms with E-state index in [1.54, 1.807) is 0 Å². The smallest absolute Gasteiger partial charge is 0.229 e. The van der Waals surface area contributed by atoms with Crippen molar-refractivity contribution in [1.82, 2.24) is 4.90 Å². The summed E-state index contributed by atoms with van der Waals surface area (Å²) < 4.78 is 25.1. The number of carbonyl (C=O) groups is 1. The third-order valence-electron chi connectivity index (χ3n) is 7.05. The normalized spacial score (nSPS) is 21.8. The van der Waals surface area contributed by atoms with Gasteiger partial charge in [-0.1, -0.05) is 66.7 Å². The maximum atomic E-state index is 12.8. The van der Waals surface area contributed by atoms with Gasteiger partial charge in [0.25, 0.3) is 0 Å². The minimum absolute atomic E-state index is 0.0206. The van der Waals surface area contributed by atoms with Gasteiger partial charge in [0, 0.05) is 12.2 Å². The van der Waals surface area contributed by atoms with Crippen LogP contribution < -0.4 is 5.32 Å². The lowest BCUT2D eigenvalue weighted by Crippen LogP contribution is -2.51. The van der Waals surface area contributed by atoms with Crippen LogP contribution in [0.25, 0.3) is 11.1 Å². The topological polar surface area (TPSA) is 66.5 Å². The molecule has 3 aromatic carbocycles. The summed E-state index contributed by atoms with van der Waals surface area (Å²) in [6.07, 6.45) is 2.25. The van der Waals surface area contributed by atoms with E-state index in [1.807, 2.05) is 78.9 Å². The van der Waals surface area contributed by atoms with Crippen LogP contribution in [0.5, 0.6) is 0 Å². The van der Waals surface area contributed by atoms with Crippen LogP contribution in [0.3, 0.4) is 0 Å². The number of carbonyl (C=O) groups excluding carboxylic acids is 1. The zero-order valence-electron chi connectivity index (χ0n) is 19.2. The Morgan fingerprint density at radius 1 is 0.794 bits per heavy atom. The van der Waals surface area contributed by atoms with Gasteiger partial charge in [-0.05, 0) is 66.2 Å². The Hall–Kier alpha value is -2.96. The molecule has 0 unspecified atom stereocenters. The van der Waals surface area contributed by atoms with Gasteiger partial charge in [-0.3, -0.25) is 4.79 Å². The number of amides is 1. The molecule has 0 aromatic heterocycles. The number of hydrogen-bond donors (Lipinski definition) is 1. The molecule has 3 heterocycles. The van der Waals surface area contributed by atoms with Gasteiger partial charge < -0.3 is 10.2 Å². The number of hydrogen-bond acceptors (Lipinski definition) is 4. The third kappa shape index (κ3) is 5.40. The van der Waals surface area contributed by atoms with Crippen LogP contribution >= 0.6 is 0 Å². The van der Waals surface area contributed by atoms with Crippen molar-refractivity contribution in [1.29, 1.82) is 0 Å². The van der Waals surface area contributed by atoms with Gasteiger partial charge in [0.2, 0.25) is 5.91 Å². The van der Waals surface area contributed by atoms with E-state index in [9.17, 15) is 13.2 Å². The summed E-state index contributed by atoms with van der Waals surface area (Å²) >= 11 is 0. The van der Waals surface area contributed by atoms with Crippen LogP contribution in [0, 0.1) is 11.8 Å². The number of rotatable bonds is 7. The predicted molar refractivity (Wildman–Crippen MR) is 136 cm³/mol. The average Bonchev–Trinajstić information content (AvgIpc) is 2.86. The van der Waals surface area contributed by atoms with Gasteiger partial charge in [-0.25, -0.2) is 8.42 Å². The van der Waals surface area contributed by atoms with Gasteiger partial charge in [-0.2, -0.15) is 0 Å². The first-order chi connectivity index (χ1) is 16.4. The fourth-order valence-corrected chi connectivity index (χ4v) is 6.67. The van der Waals surface area contributed by atoms with Crippen LogP contribution in [0.1, 0.15) is 24.0 Å². The Kier molecular flexibility index (Phi) is 6.53. The Labute approximate surface area is 201 Å². The first kappa shape index (κ1) is 22.8. The van der Waals surface area contributed by atoms with Gasteiger partial charge in [0.05, 0.1) is 17.4 Å². The zero-order valence-corrected chi connectivity index (χ0v) is 20.0. The van der Waals surface area contributed by atoms with E-state index >= 15 is 0 Å². The van der Waals surface area contributed by atoms with E-state index in [-0.39, 0.29) is 23.3 Å². The van der Waals surface area contributed by atoms with E-state index < -0.39 is 9.84 Å². The number of fused-ring (bicyclic) bond motifs is 3. The maximum Gasteiger partial charge on any atom is 0.229 e. The molecule has 0 saturated carbocycles. The lowest BCUT2D eigenvalue weighted by molar-refractivity contribution is -0.125. The highest BCUT2D eigenvalue weighted by atomic mass is 32.2. The quantitative estimate of drug-likeness (QED) is 0.537. The molecular formula is C28H30N2O3S. The molecule has 2 bridgehead atoms. The molecule has 3 aliphatic rings. The number of nitrogens with zero attached hydrogens (tertiary/aromatic N) is 1. The number of anilines is 1. The summed E-state index contributed by atoms with van der Waals surface area (Å²) in [5.74, 6) is 0.796. The maximum absolute atomic E-state index is 12.8. The van der Waals surface area contributed by atoms with Gasteiger partial charge >= 0.3 is 0 Å². The fourth-order valence-electron chi connectivity index (χ4n) is 5.17. The molecule has 3 aliphatic heterocycles. The van der Waals surface area contributed by atoms with Crippen molar-refractivity contribution in [3.63, 3.8) is 0 Å². The summed E-state index contributed by atoms with van der Waals surface area (Å²) in [6.45, 7) is 3.13. The van der Waals surface area contributed by atoms with Crippen molar-refractivity contribution < 1.29 is 13.2 Å². The van der Waals surface area contributed by atoms with Crippen molar-refractivity contribution >= 4 is 21.4 Å². The SMILES string of the molecule is O=C(Nc1ccc(-c2ccc(CS(=O)(=O)Cc3ccccc3)cc2)cc1)[C@H]1CN2CCC1CC2. The Bertz CT molecular complexity index is 1230. The Balaban J connectivity index is 1.19. The number of benzene rings is 3. The van der Waals surface area contributed by atoms with Crippen molar-refractivity contribution in [3.8, 4) is 11.1 Å². The van der Waals surface area contributed by atoms with Crippen molar-refractivity contribution in [2.24, 2.45) is 11.8 Å². The van der Waals surface area contributed by atoms with Crippen LogP contribution in [0.4, 0.5) is 5.69 Å². The highest BCUT2D eigenvalue weighted by Crippen LogP contribution is 2.33. The highest BCUT2D eigenvalue weighted by Gasteiger charge is 2.38. The van der Waals surface area contributed by atoms with Crippen LogP contribution in [-0.2, 0) is 26.1 Å². The molecule has 1 amide bonds. The van der Waals surface area contributed by atoms with E-state index in [1.165, 1.54) is 0 Å². The minimum Gasteiger partial charge on any atom is -0.326 e. The van der Waals surface area contributed by atoms with E-state index in [2.05, 4.69) is 10.2 Å². The number of sulfone groups is 1. The molecule has 3 aromatic rings. The molecule has 5 nitrogen and oxygen atoms in total. The number of piperidine rings is 3. The second kappa shape index (κ2) is 9.72. The summed E-state index contributed by atoms with van der Waals surface area (Å²) in [4.78, 5) is 15.2. The largest absolute Gasteiger partial charge is 0.326 e. The minimum atomic E-state index is -3.24. The summed E-state index contributed by atoms with van der Waals surface area (Å²) in [5, 5.41) is 3.10. The molecule has 0 radical (unpaired) electrons. The molecule has 176 valence electrons. The van der Waals surface area contributed by atoms with Crippen LogP contribution in [0.2, 0.25) is 0 Å². The van der Waals surface area contributed by atoms with Crippen molar-refractivity contribution in [2.75, 3.05) is 25.0 Å².